The first-order chi connectivity index (χ1) is 19.3. The molecular weight excluding hydrogens is 538 g/mol. The van der Waals surface area contributed by atoms with Crippen LogP contribution in [0.1, 0.15) is 50.8 Å². The van der Waals surface area contributed by atoms with Crippen molar-refractivity contribution in [3.05, 3.63) is 95.6 Å². The van der Waals surface area contributed by atoms with Crippen LogP contribution in [0.4, 0.5) is 5.69 Å². The molecule has 0 radical (unpaired) electrons. The monoisotopic (exact) mass is 579 g/mol. The first-order valence-electron chi connectivity index (χ1n) is 13.7. The Bertz CT molecular complexity index is 1400. The van der Waals surface area contributed by atoms with Crippen LogP contribution in [0.2, 0.25) is 0 Å². The molecule has 2 amide bonds. The van der Waals surface area contributed by atoms with E-state index in [9.17, 15) is 18.0 Å². The molecule has 8 nitrogen and oxygen atoms in total. The zero-order valence-corrected chi connectivity index (χ0v) is 25.6. The van der Waals surface area contributed by atoms with Crippen LogP contribution < -0.4 is 14.4 Å². The molecule has 1 N–H and O–H groups in total. The van der Waals surface area contributed by atoms with E-state index < -0.39 is 34.1 Å². The van der Waals surface area contributed by atoms with E-state index in [1.807, 2.05) is 89.2 Å². The predicted octanol–water partition coefficient (Wildman–Crippen LogP) is 5.06. The Morgan fingerprint density at radius 1 is 0.902 bits per heavy atom. The van der Waals surface area contributed by atoms with Crippen molar-refractivity contribution in [2.24, 2.45) is 0 Å². The Kier molecular flexibility index (Phi) is 10.6. The second-order valence-electron chi connectivity index (χ2n) is 11.2. The number of carbonyl (C=O) groups excluding carboxylic acids is 2. The van der Waals surface area contributed by atoms with Gasteiger partial charge in [0.2, 0.25) is 21.8 Å². The molecule has 0 unspecified atom stereocenters. The fourth-order valence-electron chi connectivity index (χ4n) is 4.33. The molecule has 220 valence electrons. The zero-order chi connectivity index (χ0) is 30.2. The normalized spacial score (nSPS) is 12.3. The van der Waals surface area contributed by atoms with E-state index in [1.54, 1.807) is 24.3 Å². The number of carbonyl (C=O) groups is 2. The van der Waals surface area contributed by atoms with E-state index >= 15 is 0 Å². The minimum atomic E-state index is -3.83. The topological polar surface area (TPSA) is 96.0 Å². The number of ether oxygens (including phenoxy) is 1. The highest BCUT2D eigenvalue weighted by molar-refractivity contribution is 7.92. The molecule has 0 heterocycles. The van der Waals surface area contributed by atoms with Gasteiger partial charge in [0.1, 0.15) is 24.9 Å². The van der Waals surface area contributed by atoms with Crippen LogP contribution in [0.3, 0.4) is 0 Å². The lowest BCUT2D eigenvalue weighted by Crippen LogP contribution is -2.55. The summed E-state index contributed by atoms with van der Waals surface area (Å²) in [5, 5.41) is 2.97. The summed E-state index contributed by atoms with van der Waals surface area (Å²) in [6, 6.07) is 23.2. The van der Waals surface area contributed by atoms with Gasteiger partial charge < -0.3 is 15.0 Å². The number of anilines is 1. The van der Waals surface area contributed by atoms with Gasteiger partial charge >= 0.3 is 0 Å². The first-order valence-corrected chi connectivity index (χ1v) is 15.5. The molecule has 0 aliphatic heterocycles. The number of nitrogens with zero attached hydrogens (tertiary/aromatic N) is 2. The molecule has 0 aromatic heterocycles. The van der Waals surface area contributed by atoms with Gasteiger partial charge in [0.05, 0.1) is 11.9 Å². The summed E-state index contributed by atoms with van der Waals surface area (Å²) in [6.45, 7) is 9.53. The van der Waals surface area contributed by atoms with Gasteiger partial charge in [-0.25, -0.2) is 8.42 Å². The molecule has 0 aliphatic carbocycles. The lowest BCUT2D eigenvalue weighted by atomic mass is 10.1. The third-order valence-corrected chi connectivity index (χ3v) is 7.55. The van der Waals surface area contributed by atoms with Crippen LogP contribution in [0, 0.1) is 6.92 Å². The van der Waals surface area contributed by atoms with E-state index in [2.05, 4.69) is 5.32 Å². The molecule has 1 atom stereocenters. The number of nitrogens with one attached hydrogen (secondary N) is 1. The fraction of sp³-hybridized carbons (Fsp3) is 0.375. The molecular formula is C32H41N3O5S. The van der Waals surface area contributed by atoms with Crippen LogP contribution in [0.5, 0.6) is 5.75 Å². The summed E-state index contributed by atoms with van der Waals surface area (Å²) in [5.74, 6) is -0.189. The van der Waals surface area contributed by atoms with Gasteiger partial charge in [-0.05, 0) is 69.5 Å². The lowest BCUT2D eigenvalue weighted by molar-refractivity contribution is -0.141. The third kappa shape index (κ3) is 9.63. The number of sulfonamides is 1. The Hall–Kier alpha value is -3.85. The number of amides is 2. The van der Waals surface area contributed by atoms with Gasteiger partial charge in [-0.2, -0.15) is 0 Å². The van der Waals surface area contributed by atoms with Crippen molar-refractivity contribution >= 4 is 27.5 Å². The molecule has 0 saturated heterocycles. The van der Waals surface area contributed by atoms with Crippen molar-refractivity contribution in [2.45, 2.75) is 65.8 Å². The van der Waals surface area contributed by atoms with Gasteiger partial charge in [0.25, 0.3) is 0 Å². The summed E-state index contributed by atoms with van der Waals surface area (Å²) in [6.07, 6.45) is 1.43. The van der Waals surface area contributed by atoms with E-state index in [0.29, 0.717) is 24.5 Å². The van der Waals surface area contributed by atoms with Gasteiger partial charge in [0.15, 0.2) is 0 Å². The summed E-state index contributed by atoms with van der Waals surface area (Å²) in [5.41, 5.74) is 2.76. The molecule has 9 heteroatoms. The van der Waals surface area contributed by atoms with Crippen LogP contribution in [-0.4, -0.2) is 49.5 Å². The molecule has 0 bridgehead atoms. The second kappa shape index (κ2) is 13.7. The Labute approximate surface area is 244 Å². The smallest absolute Gasteiger partial charge is 0.244 e. The largest absolute Gasteiger partial charge is 0.489 e. The Morgan fingerprint density at radius 2 is 1.51 bits per heavy atom. The lowest BCUT2D eigenvalue weighted by Gasteiger charge is -2.34. The van der Waals surface area contributed by atoms with Crippen molar-refractivity contribution in [3.63, 3.8) is 0 Å². The highest BCUT2D eigenvalue weighted by atomic mass is 32.2. The van der Waals surface area contributed by atoms with Crippen LogP contribution in [-0.2, 0) is 32.8 Å². The quantitative estimate of drug-likeness (QED) is 0.324. The summed E-state index contributed by atoms with van der Waals surface area (Å²) in [7, 11) is -3.83. The van der Waals surface area contributed by atoms with Crippen molar-refractivity contribution in [2.75, 3.05) is 17.1 Å². The molecule has 0 saturated carbocycles. The van der Waals surface area contributed by atoms with Crippen molar-refractivity contribution in [1.82, 2.24) is 10.2 Å². The van der Waals surface area contributed by atoms with Crippen molar-refractivity contribution < 1.29 is 22.7 Å². The number of hydrogen-bond acceptors (Lipinski definition) is 5. The average Bonchev–Trinajstić information content (AvgIpc) is 2.91. The van der Waals surface area contributed by atoms with Crippen LogP contribution in [0.25, 0.3) is 0 Å². The molecule has 3 rings (SSSR count). The second-order valence-corrected chi connectivity index (χ2v) is 13.1. The summed E-state index contributed by atoms with van der Waals surface area (Å²) >= 11 is 0. The number of aryl methyl sites for hydroxylation is 1. The molecule has 0 fully saturated rings. The van der Waals surface area contributed by atoms with Crippen molar-refractivity contribution in [1.29, 1.82) is 0 Å². The maximum Gasteiger partial charge on any atom is 0.244 e. The summed E-state index contributed by atoms with van der Waals surface area (Å²) in [4.78, 5) is 28.6. The molecule has 0 spiro atoms. The molecule has 0 aliphatic rings. The molecule has 41 heavy (non-hydrogen) atoms. The summed E-state index contributed by atoms with van der Waals surface area (Å²) < 4.78 is 32.7. The molecule has 3 aromatic rings. The average molecular weight is 580 g/mol. The van der Waals surface area contributed by atoms with E-state index in [0.717, 1.165) is 27.3 Å². The molecule has 3 aromatic carbocycles. The minimum absolute atomic E-state index is 0.166. The first kappa shape index (κ1) is 31.7. The zero-order valence-electron chi connectivity index (χ0n) is 24.8. The maximum absolute atomic E-state index is 13.9. The van der Waals surface area contributed by atoms with Crippen LogP contribution >= 0.6 is 0 Å². The predicted molar refractivity (Wildman–Crippen MR) is 163 cm³/mol. The van der Waals surface area contributed by atoms with E-state index in [4.69, 9.17) is 4.74 Å². The van der Waals surface area contributed by atoms with Gasteiger partial charge in [0, 0.05) is 12.1 Å². The SMILES string of the molecule is CC[C@H](C(=O)NC(C)(C)C)N(Cc1ccc(C)cc1)C(=O)CN(c1ccc(OCc2ccccc2)cc1)S(C)(=O)=O. The third-order valence-electron chi connectivity index (χ3n) is 6.41. The van der Waals surface area contributed by atoms with Crippen LogP contribution in [0.15, 0.2) is 78.9 Å². The van der Waals surface area contributed by atoms with Gasteiger partial charge in [-0.3, -0.25) is 13.9 Å². The van der Waals surface area contributed by atoms with E-state index in [-0.39, 0.29) is 12.5 Å². The number of benzene rings is 3. The fourth-order valence-corrected chi connectivity index (χ4v) is 5.18. The number of hydrogen-bond donors (Lipinski definition) is 1. The Balaban J connectivity index is 1.86. The maximum atomic E-state index is 13.9. The van der Waals surface area contributed by atoms with E-state index in [1.165, 1.54) is 4.90 Å². The van der Waals surface area contributed by atoms with Crippen molar-refractivity contribution in [3.8, 4) is 5.75 Å². The highest BCUT2D eigenvalue weighted by Crippen LogP contribution is 2.24. The number of rotatable bonds is 12. The Morgan fingerprint density at radius 3 is 2.05 bits per heavy atom. The minimum Gasteiger partial charge on any atom is -0.489 e. The highest BCUT2D eigenvalue weighted by Gasteiger charge is 2.33. The van der Waals surface area contributed by atoms with Gasteiger partial charge in [-0.1, -0.05) is 67.1 Å². The standard InChI is InChI=1S/C32H41N3O5S/c1-7-29(31(37)33-32(3,4)5)34(21-25-15-13-24(2)14-16-25)30(36)22-35(41(6,38)39)27-17-19-28(20-18-27)40-23-26-11-9-8-10-12-26/h8-20,29H,7,21-23H2,1-6H3,(H,33,37)/t29-/m1/s1. The van der Waals surface area contributed by atoms with Gasteiger partial charge in [-0.15, -0.1) is 0 Å².